The maximum Gasteiger partial charge on any atom is 0.324 e. The van der Waals surface area contributed by atoms with Crippen molar-refractivity contribution >= 4 is 34.3 Å². The number of hydrogen-bond acceptors (Lipinski definition) is 7. The Hall–Kier alpha value is -3.79. The van der Waals surface area contributed by atoms with Gasteiger partial charge in [-0.2, -0.15) is 0 Å². The van der Waals surface area contributed by atoms with E-state index < -0.39 is 23.9 Å². The molecule has 0 saturated carbocycles. The van der Waals surface area contributed by atoms with E-state index in [0.717, 1.165) is 21.8 Å². The van der Waals surface area contributed by atoms with Gasteiger partial charge < -0.3 is 15.4 Å². The highest BCUT2D eigenvalue weighted by atomic mass is 32.1. The van der Waals surface area contributed by atoms with E-state index in [0.29, 0.717) is 17.2 Å². The molecule has 0 bridgehead atoms. The second-order valence-corrected chi connectivity index (χ2v) is 7.98. The fourth-order valence-electron chi connectivity index (χ4n) is 3.29. The lowest BCUT2D eigenvalue weighted by molar-refractivity contribution is -0.129. The number of carbonyl (C=O) groups excluding carboxylic acids is 3. The van der Waals surface area contributed by atoms with Crippen molar-refractivity contribution in [2.24, 2.45) is 0 Å². The van der Waals surface area contributed by atoms with Crippen LogP contribution in [0.1, 0.15) is 12.0 Å². The van der Waals surface area contributed by atoms with Gasteiger partial charge in [0.05, 0.1) is 19.2 Å². The molecular formula is C22H21N5O4S. The third-order valence-corrected chi connectivity index (χ3v) is 5.75. The van der Waals surface area contributed by atoms with E-state index in [-0.39, 0.29) is 13.0 Å². The van der Waals surface area contributed by atoms with Crippen LogP contribution >= 0.6 is 11.3 Å². The lowest BCUT2D eigenvalue weighted by Gasteiger charge is -2.13. The number of rotatable bonds is 8. The van der Waals surface area contributed by atoms with Gasteiger partial charge in [0, 0.05) is 29.9 Å². The molecule has 3 aromatic rings. The number of aromatic nitrogens is 2. The zero-order chi connectivity index (χ0) is 22.5. The van der Waals surface area contributed by atoms with Crippen LogP contribution in [0.3, 0.4) is 0 Å². The second-order valence-electron chi connectivity index (χ2n) is 7.12. The molecule has 2 aromatic heterocycles. The zero-order valence-corrected chi connectivity index (χ0v) is 18.1. The van der Waals surface area contributed by atoms with E-state index in [2.05, 4.69) is 20.6 Å². The smallest absolute Gasteiger partial charge is 0.324 e. The van der Waals surface area contributed by atoms with Crippen LogP contribution < -0.4 is 15.4 Å². The summed E-state index contributed by atoms with van der Waals surface area (Å²) in [7, 11) is 1.59. The van der Waals surface area contributed by atoms with Crippen molar-refractivity contribution in [3.8, 4) is 17.0 Å². The predicted octanol–water partition coefficient (Wildman–Crippen LogP) is 2.71. The Morgan fingerprint density at radius 3 is 2.78 bits per heavy atom. The second kappa shape index (κ2) is 9.56. The molecular weight excluding hydrogens is 430 g/mol. The van der Waals surface area contributed by atoms with Crippen LogP contribution in [0.5, 0.6) is 5.75 Å². The first kappa shape index (κ1) is 21.4. The molecule has 1 aliphatic heterocycles. The number of urea groups is 1. The Bertz CT molecular complexity index is 1120. The summed E-state index contributed by atoms with van der Waals surface area (Å²) < 4.78 is 5.13. The first-order chi connectivity index (χ1) is 15.5. The average Bonchev–Trinajstić information content (AvgIpc) is 3.37. The molecule has 0 spiro atoms. The van der Waals surface area contributed by atoms with E-state index in [4.69, 9.17) is 4.74 Å². The van der Waals surface area contributed by atoms with Crippen molar-refractivity contribution in [2.75, 3.05) is 19.0 Å². The molecule has 4 rings (SSSR count). The standard InChI is InChI=1S/C22H21N5O4S/c1-31-16-6-4-14(5-7-16)8-10-27-20(29)17(25-22(27)30)11-19(28)26-21-24-18(13-32-21)15-3-2-9-23-12-15/h2-7,9,12-13,17H,8,10-11H2,1H3,(H,25,30)(H,24,26,28). The minimum Gasteiger partial charge on any atom is -0.497 e. The van der Waals surface area contributed by atoms with E-state index >= 15 is 0 Å². The molecule has 3 heterocycles. The number of methoxy groups -OCH3 is 1. The first-order valence-electron chi connectivity index (χ1n) is 9.94. The summed E-state index contributed by atoms with van der Waals surface area (Å²) in [6, 6.07) is 9.72. The van der Waals surface area contributed by atoms with Crippen molar-refractivity contribution < 1.29 is 19.1 Å². The number of nitrogens with one attached hydrogen (secondary N) is 2. The fraction of sp³-hybridized carbons (Fsp3) is 0.227. The van der Waals surface area contributed by atoms with Gasteiger partial charge in [0.25, 0.3) is 5.91 Å². The van der Waals surface area contributed by atoms with Crippen molar-refractivity contribution in [1.29, 1.82) is 0 Å². The highest BCUT2D eigenvalue weighted by Gasteiger charge is 2.38. The fourth-order valence-corrected chi connectivity index (χ4v) is 4.03. The quantitative estimate of drug-likeness (QED) is 0.509. The number of thiazole rings is 1. The molecule has 1 saturated heterocycles. The number of amides is 4. The molecule has 1 aliphatic rings. The molecule has 1 aromatic carbocycles. The lowest BCUT2D eigenvalue weighted by Crippen LogP contribution is -2.34. The van der Waals surface area contributed by atoms with Gasteiger partial charge in [0.15, 0.2) is 5.13 Å². The molecule has 4 amide bonds. The van der Waals surface area contributed by atoms with Gasteiger partial charge in [-0.3, -0.25) is 19.5 Å². The Kier molecular flexibility index (Phi) is 6.41. The Morgan fingerprint density at radius 1 is 1.25 bits per heavy atom. The molecule has 10 heteroatoms. The Morgan fingerprint density at radius 2 is 2.06 bits per heavy atom. The highest BCUT2D eigenvalue weighted by Crippen LogP contribution is 2.24. The van der Waals surface area contributed by atoms with Crippen LogP contribution in [0, 0.1) is 0 Å². The molecule has 2 N–H and O–H groups in total. The van der Waals surface area contributed by atoms with E-state index in [1.807, 2.05) is 41.8 Å². The van der Waals surface area contributed by atoms with E-state index in [9.17, 15) is 14.4 Å². The van der Waals surface area contributed by atoms with Gasteiger partial charge in [-0.15, -0.1) is 11.3 Å². The molecule has 1 unspecified atom stereocenters. The van der Waals surface area contributed by atoms with Gasteiger partial charge in [-0.05, 0) is 36.2 Å². The van der Waals surface area contributed by atoms with Crippen LogP contribution in [0.4, 0.5) is 9.93 Å². The van der Waals surface area contributed by atoms with E-state index in [1.54, 1.807) is 19.5 Å². The van der Waals surface area contributed by atoms with Gasteiger partial charge in [-0.1, -0.05) is 12.1 Å². The third-order valence-electron chi connectivity index (χ3n) is 4.99. The summed E-state index contributed by atoms with van der Waals surface area (Å²) in [5.41, 5.74) is 2.52. The Labute approximate surface area is 188 Å². The van der Waals surface area contributed by atoms with Crippen molar-refractivity contribution in [3.63, 3.8) is 0 Å². The SMILES string of the molecule is COc1ccc(CCN2C(=O)NC(CC(=O)Nc3nc(-c4cccnc4)cs3)C2=O)cc1. The van der Waals surface area contributed by atoms with Crippen LogP contribution in [0.25, 0.3) is 11.3 Å². The first-order valence-corrected chi connectivity index (χ1v) is 10.8. The summed E-state index contributed by atoms with van der Waals surface area (Å²) in [6.45, 7) is 0.232. The van der Waals surface area contributed by atoms with Gasteiger partial charge in [0.2, 0.25) is 5.91 Å². The molecule has 1 atom stereocenters. The summed E-state index contributed by atoms with van der Waals surface area (Å²) in [4.78, 5) is 46.9. The molecule has 164 valence electrons. The van der Waals surface area contributed by atoms with E-state index in [1.165, 1.54) is 11.3 Å². The van der Waals surface area contributed by atoms with Gasteiger partial charge in [-0.25, -0.2) is 9.78 Å². The summed E-state index contributed by atoms with van der Waals surface area (Å²) >= 11 is 1.28. The van der Waals surface area contributed by atoms with Crippen LogP contribution in [-0.2, 0) is 16.0 Å². The van der Waals surface area contributed by atoms with Crippen molar-refractivity contribution in [2.45, 2.75) is 18.9 Å². The molecule has 0 aliphatic carbocycles. The summed E-state index contributed by atoms with van der Waals surface area (Å²) in [5, 5.41) is 7.51. The summed E-state index contributed by atoms with van der Waals surface area (Å²) in [6.07, 6.45) is 3.71. The molecule has 32 heavy (non-hydrogen) atoms. The third kappa shape index (κ3) is 4.92. The number of pyridine rings is 1. The lowest BCUT2D eigenvalue weighted by atomic mass is 10.1. The number of imide groups is 1. The van der Waals surface area contributed by atoms with Crippen molar-refractivity contribution in [1.82, 2.24) is 20.2 Å². The number of hydrogen-bond donors (Lipinski definition) is 2. The topological polar surface area (TPSA) is 114 Å². The maximum absolute atomic E-state index is 12.6. The number of carbonyl (C=O) groups is 3. The largest absolute Gasteiger partial charge is 0.497 e. The highest BCUT2D eigenvalue weighted by molar-refractivity contribution is 7.14. The van der Waals surface area contributed by atoms with Crippen LogP contribution in [-0.4, -0.2) is 52.4 Å². The minimum atomic E-state index is -0.892. The number of anilines is 1. The van der Waals surface area contributed by atoms with Gasteiger partial charge >= 0.3 is 6.03 Å². The monoisotopic (exact) mass is 451 g/mol. The Balaban J connectivity index is 1.30. The zero-order valence-electron chi connectivity index (χ0n) is 17.3. The molecule has 0 radical (unpaired) electrons. The van der Waals surface area contributed by atoms with Crippen LogP contribution in [0.15, 0.2) is 54.2 Å². The maximum atomic E-state index is 12.6. The number of ether oxygens (including phenoxy) is 1. The predicted molar refractivity (Wildman–Crippen MR) is 119 cm³/mol. The molecule has 1 fully saturated rings. The number of nitrogens with zero attached hydrogens (tertiary/aromatic N) is 3. The van der Waals surface area contributed by atoms with Gasteiger partial charge in [0.1, 0.15) is 11.8 Å². The number of benzene rings is 1. The van der Waals surface area contributed by atoms with Crippen LogP contribution in [0.2, 0.25) is 0 Å². The minimum absolute atomic E-state index is 0.161. The normalized spacial score (nSPS) is 15.5. The van der Waals surface area contributed by atoms with Crippen molar-refractivity contribution in [3.05, 3.63) is 59.7 Å². The molecule has 9 nitrogen and oxygen atoms in total. The summed E-state index contributed by atoms with van der Waals surface area (Å²) in [5.74, 6) is -0.0656. The average molecular weight is 452 g/mol.